The van der Waals surface area contributed by atoms with Gasteiger partial charge in [0.2, 0.25) is 0 Å². The third-order valence-electron chi connectivity index (χ3n) is 1.83. The van der Waals surface area contributed by atoms with Crippen molar-refractivity contribution in [3.63, 3.8) is 0 Å². The van der Waals surface area contributed by atoms with Crippen LogP contribution in [0, 0.1) is 0 Å². The molecule has 0 bridgehead atoms. The third-order valence-corrected chi connectivity index (χ3v) is 1.83. The Morgan fingerprint density at radius 2 is 2.57 bits per heavy atom. The van der Waals surface area contributed by atoms with Gasteiger partial charge in [-0.3, -0.25) is 9.98 Å². The lowest BCUT2D eigenvalue weighted by atomic mass is 10.2. The van der Waals surface area contributed by atoms with E-state index in [1.807, 2.05) is 6.92 Å². The van der Waals surface area contributed by atoms with Gasteiger partial charge in [-0.05, 0) is 6.92 Å². The number of rotatable bonds is 3. The van der Waals surface area contributed by atoms with E-state index in [-0.39, 0.29) is 0 Å². The first-order valence-electron chi connectivity index (χ1n) is 4.53. The molecule has 0 aromatic heterocycles. The summed E-state index contributed by atoms with van der Waals surface area (Å²) in [5, 5.41) is 2.97. The first-order valence-corrected chi connectivity index (χ1v) is 4.53. The highest BCUT2D eigenvalue weighted by atomic mass is 16.5. The van der Waals surface area contributed by atoms with Gasteiger partial charge in [0.1, 0.15) is 11.6 Å². The van der Waals surface area contributed by atoms with E-state index < -0.39 is 0 Å². The first kappa shape index (κ1) is 10.5. The smallest absolute Gasteiger partial charge is 0.136 e. The van der Waals surface area contributed by atoms with Crippen molar-refractivity contribution in [1.82, 2.24) is 5.32 Å². The van der Waals surface area contributed by atoms with Crippen LogP contribution in [0.1, 0.15) is 6.92 Å². The van der Waals surface area contributed by atoms with Crippen molar-refractivity contribution in [1.29, 1.82) is 0 Å². The van der Waals surface area contributed by atoms with Crippen molar-refractivity contribution in [2.24, 2.45) is 9.98 Å². The van der Waals surface area contributed by atoms with Crippen molar-refractivity contribution < 1.29 is 4.74 Å². The lowest BCUT2D eigenvalue weighted by molar-refractivity contribution is 0.225. The molecule has 0 aromatic rings. The van der Waals surface area contributed by atoms with Gasteiger partial charge in [-0.2, -0.15) is 0 Å². The number of hydrogen-bond acceptors (Lipinski definition) is 3. The van der Waals surface area contributed by atoms with E-state index >= 15 is 0 Å². The molecule has 1 heterocycles. The van der Waals surface area contributed by atoms with E-state index in [0.29, 0.717) is 13.2 Å². The fourth-order valence-electron chi connectivity index (χ4n) is 1.22. The van der Waals surface area contributed by atoms with Crippen LogP contribution in [0.25, 0.3) is 0 Å². The summed E-state index contributed by atoms with van der Waals surface area (Å²) in [6.07, 6.45) is 3.35. The summed E-state index contributed by atoms with van der Waals surface area (Å²) in [6.45, 7) is 6.84. The molecule has 4 heteroatoms. The number of nitrogens with one attached hydrogen (secondary N) is 1. The van der Waals surface area contributed by atoms with Gasteiger partial charge < -0.3 is 10.1 Å². The second-order valence-corrected chi connectivity index (χ2v) is 2.66. The van der Waals surface area contributed by atoms with E-state index in [1.165, 1.54) is 0 Å². The van der Waals surface area contributed by atoms with Gasteiger partial charge in [0.25, 0.3) is 0 Å². The van der Waals surface area contributed by atoms with E-state index in [2.05, 4.69) is 21.9 Å². The Hall–Kier alpha value is -1.58. The normalized spacial score (nSPS) is 19.1. The van der Waals surface area contributed by atoms with Crippen LogP contribution < -0.4 is 5.32 Å². The lowest BCUT2D eigenvalue weighted by Gasteiger charge is -2.10. The summed E-state index contributed by atoms with van der Waals surface area (Å²) >= 11 is 0. The van der Waals surface area contributed by atoms with Crippen LogP contribution in [-0.4, -0.2) is 32.4 Å². The van der Waals surface area contributed by atoms with Crippen LogP contribution in [0.4, 0.5) is 0 Å². The molecule has 0 amide bonds. The van der Waals surface area contributed by atoms with Crippen molar-refractivity contribution in [3.05, 3.63) is 24.0 Å². The van der Waals surface area contributed by atoms with E-state index in [0.717, 1.165) is 17.2 Å². The summed E-state index contributed by atoms with van der Waals surface area (Å²) in [5.74, 6) is 1.55. The molecule has 4 nitrogen and oxygen atoms in total. The van der Waals surface area contributed by atoms with Gasteiger partial charge in [-0.25, -0.2) is 0 Å². The molecule has 0 fully saturated rings. The lowest BCUT2D eigenvalue weighted by Crippen LogP contribution is -2.22. The summed E-state index contributed by atoms with van der Waals surface area (Å²) in [5.41, 5.74) is 0.881. The van der Waals surface area contributed by atoms with Gasteiger partial charge in [0.15, 0.2) is 0 Å². The molecule has 0 unspecified atom stereocenters. The zero-order chi connectivity index (χ0) is 10.4. The molecule has 76 valence electrons. The van der Waals surface area contributed by atoms with Crippen LogP contribution in [-0.2, 0) is 4.74 Å². The molecule has 0 aliphatic carbocycles. The number of aliphatic imine (C=N–C) groups is 2. The molecule has 0 atom stereocenters. The fourth-order valence-corrected chi connectivity index (χ4v) is 1.22. The zero-order valence-corrected chi connectivity index (χ0v) is 8.58. The Morgan fingerprint density at radius 3 is 3.14 bits per heavy atom. The molecule has 0 radical (unpaired) electrons. The monoisotopic (exact) mass is 193 g/mol. The minimum absolute atomic E-state index is 0.529. The molecule has 0 saturated carbocycles. The van der Waals surface area contributed by atoms with Gasteiger partial charge in [-0.1, -0.05) is 12.7 Å². The Morgan fingerprint density at radius 1 is 1.79 bits per heavy atom. The zero-order valence-electron chi connectivity index (χ0n) is 8.58. The van der Waals surface area contributed by atoms with Crippen LogP contribution in [0.3, 0.4) is 0 Å². The standard InChI is InChI=1S/C10H15N3O/c1-4-8-9(14-5-2)6-12-7-13-10(8)11-3/h4,7H,1,5-6H2,2-3H3,(H,11,12,13). The second kappa shape index (κ2) is 5.21. The fraction of sp³-hybridized carbons (Fsp3) is 0.400. The van der Waals surface area contributed by atoms with Gasteiger partial charge in [-0.15, -0.1) is 0 Å². The molecular formula is C10H15N3O. The summed E-state index contributed by atoms with van der Waals surface area (Å²) < 4.78 is 5.47. The maximum Gasteiger partial charge on any atom is 0.136 e. The van der Waals surface area contributed by atoms with E-state index in [9.17, 15) is 0 Å². The summed E-state index contributed by atoms with van der Waals surface area (Å²) in [7, 11) is 1.72. The quantitative estimate of drug-likeness (QED) is 0.730. The Balaban J connectivity index is 3.05. The molecule has 0 spiro atoms. The number of hydrogen-bond donors (Lipinski definition) is 1. The third kappa shape index (κ3) is 2.22. The van der Waals surface area contributed by atoms with Crippen LogP contribution in [0.2, 0.25) is 0 Å². The first-order chi connectivity index (χ1) is 6.83. The van der Waals surface area contributed by atoms with Gasteiger partial charge in [0.05, 0.1) is 25.1 Å². The number of nitrogens with zero attached hydrogens (tertiary/aromatic N) is 2. The number of ether oxygens (including phenoxy) is 1. The van der Waals surface area contributed by atoms with E-state index in [1.54, 1.807) is 19.5 Å². The van der Waals surface area contributed by atoms with Crippen molar-refractivity contribution in [3.8, 4) is 0 Å². The second-order valence-electron chi connectivity index (χ2n) is 2.66. The SMILES string of the molecule is C=CC1=C(OCC)CN=CNC1=NC. The minimum atomic E-state index is 0.529. The minimum Gasteiger partial charge on any atom is -0.495 e. The predicted octanol–water partition coefficient (Wildman–Crippen LogP) is 1.12. The maximum absolute atomic E-state index is 5.47. The molecule has 1 rings (SSSR count). The highest BCUT2D eigenvalue weighted by Gasteiger charge is 2.12. The Bertz CT molecular complexity index is 302. The maximum atomic E-state index is 5.47. The Labute approximate surface area is 84.1 Å². The molecule has 1 N–H and O–H groups in total. The highest BCUT2D eigenvalue weighted by Crippen LogP contribution is 2.11. The Kier molecular flexibility index (Phi) is 3.91. The van der Waals surface area contributed by atoms with Crippen LogP contribution >= 0.6 is 0 Å². The largest absolute Gasteiger partial charge is 0.495 e. The summed E-state index contributed by atoms with van der Waals surface area (Å²) in [4.78, 5) is 8.22. The van der Waals surface area contributed by atoms with Crippen LogP contribution in [0.15, 0.2) is 34.0 Å². The molecule has 0 saturated heterocycles. The van der Waals surface area contributed by atoms with Gasteiger partial charge in [0, 0.05) is 7.05 Å². The van der Waals surface area contributed by atoms with Crippen LogP contribution in [0.5, 0.6) is 0 Å². The van der Waals surface area contributed by atoms with Crippen molar-refractivity contribution in [2.75, 3.05) is 20.2 Å². The van der Waals surface area contributed by atoms with Crippen molar-refractivity contribution in [2.45, 2.75) is 6.92 Å². The van der Waals surface area contributed by atoms with E-state index in [4.69, 9.17) is 4.74 Å². The molecule has 1 aliphatic heterocycles. The molecular weight excluding hydrogens is 178 g/mol. The predicted molar refractivity (Wildman–Crippen MR) is 58.7 cm³/mol. The summed E-state index contributed by atoms with van der Waals surface area (Å²) in [6, 6.07) is 0. The molecule has 14 heavy (non-hydrogen) atoms. The topological polar surface area (TPSA) is 46.0 Å². The number of amidine groups is 1. The molecule has 1 aliphatic rings. The average Bonchev–Trinajstić information content (AvgIpc) is 2.40. The molecule has 0 aromatic carbocycles. The van der Waals surface area contributed by atoms with Gasteiger partial charge >= 0.3 is 0 Å². The van der Waals surface area contributed by atoms with Crippen molar-refractivity contribution >= 4 is 12.2 Å². The average molecular weight is 193 g/mol. The highest BCUT2D eigenvalue weighted by molar-refractivity contribution is 6.06.